The molecule has 1 rings (SSSR count). The average Bonchev–Trinajstić information content (AvgIpc) is 2.27. The van der Waals surface area contributed by atoms with Crippen LogP contribution in [0.5, 0.6) is 0 Å². The van der Waals surface area contributed by atoms with E-state index in [0.717, 1.165) is 5.69 Å². The maximum atomic E-state index is 11.7. The van der Waals surface area contributed by atoms with Crippen LogP contribution in [0.3, 0.4) is 0 Å². The first-order chi connectivity index (χ1) is 8.29. The Morgan fingerprint density at radius 3 is 2.28 bits per heavy atom. The highest BCUT2D eigenvalue weighted by Crippen LogP contribution is 2.11. The zero-order valence-electron chi connectivity index (χ0n) is 10.4. The van der Waals surface area contributed by atoms with E-state index in [-0.39, 0.29) is 18.2 Å². The largest absolute Gasteiger partial charge is 0.378 e. The predicted molar refractivity (Wildman–Crippen MR) is 71.1 cm³/mol. The van der Waals surface area contributed by atoms with Gasteiger partial charge in [-0.15, -0.1) is 0 Å². The minimum atomic E-state index is -3.54. The highest BCUT2D eigenvalue weighted by molar-refractivity contribution is 7.89. The van der Waals surface area contributed by atoms with Gasteiger partial charge in [-0.25, -0.2) is 13.6 Å². The number of sulfonamides is 1. The Bertz CT molecular complexity index is 509. The molecule has 6 nitrogen and oxygen atoms in total. The number of carbonyl (C=O) groups excluding carboxylic acids is 1. The molecule has 0 aromatic heterocycles. The van der Waals surface area contributed by atoms with E-state index >= 15 is 0 Å². The molecular weight excluding hydrogens is 254 g/mol. The van der Waals surface area contributed by atoms with Crippen molar-refractivity contribution in [3.05, 3.63) is 29.8 Å². The minimum absolute atomic E-state index is 0.00704. The van der Waals surface area contributed by atoms with Crippen molar-refractivity contribution in [1.29, 1.82) is 0 Å². The Hall–Kier alpha value is -1.60. The van der Waals surface area contributed by atoms with E-state index in [1.54, 1.807) is 12.1 Å². The predicted octanol–water partition coefficient (Wildman–Crippen LogP) is -0.229. The van der Waals surface area contributed by atoms with Gasteiger partial charge in [-0.05, 0) is 24.3 Å². The van der Waals surface area contributed by atoms with Gasteiger partial charge in [0.1, 0.15) is 0 Å². The summed E-state index contributed by atoms with van der Waals surface area (Å²) in [6, 6.07) is 6.99. The van der Waals surface area contributed by atoms with Gasteiger partial charge < -0.3 is 10.2 Å². The summed E-state index contributed by atoms with van der Waals surface area (Å²) < 4.78 is 21.4. The molecule has 0 unspecified atom stereocenters. The van der Waals surface area contributed by atoms with Crippen molar-refractivity contribution >= 4 is 21.6 Å². The molecule has 7 heteroatoms. The van der Waals surface area contributed by atoms with Gasteiger partial charge in [-0.2, -0.15) is 0 Å². The molecular formula is C11H17N3O3S. The molecule has 100 valence electrons. The molecule has 0 heterocycles. The van der Waals surface area contributed by atoms with Gasteiger partial charge in [0.05, 0.1) is 5.75 Å². The first-order valence-electron chi connectivity index (χ1n) is 5.35. The number of rotatable bonds is 5. The molecule has 3 N–H and O–H groups in total. The van der Waals surface area contributed by atoms with E-state index in [0.29, 0.717) is 5.56 Å². The topological polar surface area (TPSA) is 92.5 Å². The summed E-state index contributed by atoms with van der Waals surface area (Å²) in [7, 11) is 0.267. The number of primary sulfonamides is 1. The monoisotopic (exact) mass is 271 g/mol. The van der Waals surface area contributed by atoms with Gasteiger partial charge in [0.2, 0.25) is 10.0 Å². The van der Waals surface area contributed by atoms with Gasteiger partial charge >= 0.3 is 0 Å². The molecule has 0 saturated carbocycles. The van der Waals surface area contributed by atoms with Crippen molar-refractivity contribution in [1.82, 2.24) is 5.32 Å². The fraction of sp³-hybridized carbons (Fsp3) is 0.364. The molecule has 0 atom stereocenters. The third kappa shape index (κ3) is 4.72. The molecule has 1 aromatic carbocycles. The Balaban J connectivity index is 2.57. The lowest BCUT2D eigenvalue weighted by Gasteiger charge is -2.12. The molecule has 1 amide bonds. The van der Waals surface area contributed by atoms with Crippen LogP contribution < -0.4 is 15.4 Å². The van der Waals surface area contributed by atoms with Crippen LogP contribution in [0.15, 0.2) is 24.3 Å². The number of anilines is 1. The van der Waals surface area contributed by atoms with Crippen LogP contribution in [0.4, 0.5) is 5.69 Å². The zero-order chi connectivity index (χ0) is 13.8. The van der Waals surface area contributed by atoms with Crippen LogP contribution in [-0.2, 0) is 10.0 Å². The minimum Gasteiger partial charge on any atom is -0.378 e. The molecule has 0 aliphatic heterocycles. The quantitative estimate of drug-likeness (QED) is 0.773. The summed E-state index contributed by atoms with van der Waals surface area (Å²) in [5, 5.41) is 7.32. The Kier molecular flexibility index (Phi) is 4.69. The lowest BCUT2D eigenvalue weighted by atomic mass is 10.2. The second kappa shape index (κ2) is 5.83. The number of hydrogen-bond acceptors (Lipinski definition) is 4. The molecule has 0 aliphatic carbocycles. The Morgan fingerprint density at radius 2 is 1.83 bits per heavy atom. The van der Waals surface area contributed by atoms with Crippen LogP contribution in [0.2, 0.25) is 0 Å². The third-order valence-electron chi connectivity index (χ3n) is 2.32. The van der Waals surface area contributed by atoms with Crippen molar-refractivity contribution < 1.29 is 13.2 Å². The summed E-state index contributed by atoms with van der Waals surface area (Å²) in [5.74, 6) is -0.585. The maximum Gasteiger partial charge on any atom is 0.251 e. The lowest BCUT2D eigenvalue weighted by molar-refractivity contribution is 0.0956. The van der Waals surface area contributed by atoms with Gasteiger partial charge in [-0.3, -0.25) is 4.79 Å². The molecule has 0 aliphatic rings. The van der Waals surface area contributed by atoms with Gasteiger partial charge in [0, 0.05) is 31.9 Å². The summed E-state index contributed by atoms with van der Waals surface area (Å²) in [4.78, 5) is 13.6. The fourth-order valence-corrected chi connectivity index (χ4v) is 1.71. The number of nitrogens with one attached hydrogen (secondary N) is 1. The summed E-state index contributed by atoms with van der Waals surface area (Å²) in [5.41, 5.74) is 1.46. The number of amides is 1. The third-order valence-corrected chi connectivity index (χ3v) is 3.09. The van der Waals surface area contributed by atoms with Crippen LogP contribution in [0.1, 0.15) is 10.4 Å². The number of carbonyl (C=O) groups is 1. The van der Waals surface area contributed by atoms with E-state index in [4.69, 9.17) is 5.14 Å². The molecule has 18 heavy (non-hydrogen) atoms. The first-order valence-corrected chi connectivity index (χ1v) is 7.07. The van der Waals surface area contributed by atoms with Gasteiger partial charge in [-0.1, -0.05) is 0 Å². The smallest absolute Gasteiger partial charge is 0.251 e. The van der Waals surface area contributed by atoms with E-state index in [1.165, 1.54) is 0 Å². The normalized spacial score (nSPS) is 11.1. The Labute approximate surface area is 107 Å². The SMILES string of the molecule is CN(C)c1ccc(C(=O)NCCS(N)(=O)=O)cc1. The zero-order valence-corrected chi connectivity index (χ0v) is 11.2. The van der Waals surface area contributed by atoms with Crippen LogP contribution in [-0.4, -0.2) is 40.7 Å². The van der Waals surface area contributed by atoms with Gasteiger partial charge in [0.15, 0.2) is 0 Å². The van der Waals surface area contributed by atoms with Crippen LogP contribution >= 0.6 is 0 Å². The first kappa shape index (κ1) is 14.5. The maximum absolute atomic E-state index is 11.7. The molecule has 0 fully saturated rings. The standard InChI is InChI=1S/C11H17N3O3S/c1-14(2)10-5-3-9(4-6-10)11(15)13-7-8-18(12,16)17/h3-6H,7-8H2,1-2H3,(H,13,15)(H2,12,16,17). The van der Waals surface area contributed by atoms with Crippen LogP contribution in [0, 0.1) is 0 Å². The number of hydrogen-bond donors (Lipinski definition) is 2. The second-order valence-electron chi connectivity index (χ2n) is 4.06. The van der Waals surface area contributed by atoms with E-state index in [9.17, 15) is 13.2 Å². The van der Waals surface area contributed by atoms with Crippen molar-refractivity contribution in [2.45, 2.75) is 0 Å². The highest BCUT2D eigenvalue weighted by Gasteiger charge is 2.07. The van der Waals surface area contributed by atoms with Crippen molar-refractivity contribution in [3.63, 3.8) is 0 Å². The molecule has 1 aromatic rings. The summed E-state index contributed by atoms with van der Waals surface area (Å²) in [6.45, 7) is 0.00704. The van der Waals surface area contributed by atoms with Gasteiger partial charge in [0.25, 0.3) is 5.91 Å². The fourth-order valence-electron chi connectivity index (χ4n) is 1.32. The van der Waals surface area contributed by atoms with E-state index in [2.05, 4.69) is 5.32 Å². The Morgan fingerprint density at radius 1 is 1.28 bits per heavy atom. The molecule has 0 spiro atoms. The number of nitrogens with zero attached hydrogens (tertiary/aromatic N) is 1. The molecule has 0 radical (unpaired) electrons. The number of benzene rings is 1. The van der Waals surface area contributed by atoms with E-state index < -0.39 is 10.0 Å². The van der Waals surface area contributed by atoms with Crippen LogP contribution in [0.25, 0.3) is 0 Å². The second-order valence-corrected chi connectivity index (χ2v) is 5.80. The summed E-state index contributed by atoms with van der Waals surface area (Å²) >= 11 is 0. The average molecular weight is 271 g/mol. The summed E-state index contributed by atoms with van der Waals surface area (Å²) in [6.07, 6.45) is 0. The molecule has 0 saturated heterocycles. The van der Waals surface area contributed by atoms with Crippen molar-refractivity contribution in [3.8, 4) is 0 Å². The van der Waals surface area contributed by atoms with E-state index in [1.807, 2.05) is 31.1 Å². The lowest BCUT2D eigenvalue weighted by Crippen LogP contribution is -2.31. The highest BCUT2D eigenvalue weighted by atomic mass is 32.2. The molecule has 0 bridgehead atoms. The number of nitrogens with two attached hydrogens (primary N) is 1. The van der Waals surface area contributed by atoms with Crippen molar-refractivity contribution in [2.75, 3.05) is 31.3 Å². The van der Waals surface area contributed by atoms with Crippen molar-refractivity contribution in [2.24, 2.45) is 5.14 Å².